The summed E-state index contributed by atoms with van der Waals surface area (Å²) in [5.41, 5.74) is 0. The van der Waals surface area contributed by atoms with Gasteiger partial charge in [0.15, 0.2) is 0 Å². The monoisotopic (exact) mass is 514 g/mol. The van der Waals surface area contributed by atoms with E-state index in [0.717, 1.165) is 0 Å². The molecular formula is C18H47N10O5P. The van der Waals surface area contributed by atoms with Crippen molar-refractivity contribution in [2.75, 3.05) is 97.4 Å². The highest BCUT2D eigenvalue weighted by Gasteiger charge is 2.13. The lowest BCUT2D eigenvalue weighted by molar-refractivity contribution is -0.780. The van der Waals surface area contributed by atoms with Crippen LogP contribution in [-0.2, 0) is 9.36 Å². The molecule has 0 aliphatic rings. The average molecular weight is 515 g/mol. The number of carbonyl (C=O) groups is 1. The van der Waals surface area contributed by atoms with E-state index in [-0.39, 0.29) is 0 Å². The molecule has 0 saturated heterocycles. The van der Waals surface area contributed by atoms with Gasteiger partial charge in [0, 0.05) is 34.0 Å². The number of hydrogen-bond donors (Lipinski definition) is 7. The number of quaternary nitrogens is 3. The Morgan fingerprint density at radius 3 is 1.03 bits per heavy atom. The normalized spacial score (nSPS) is 11.1. The van der Waals surface area contributed by atoms with Gasteiger partial charge in [-0.15, -0.1) is 0 Å². The summed E-state index contributed by atoms with van der Waals surface area (Å²) in [5.74, 6) is 0.105. The molecule has 0 heterocycles. The number of rotatable bonds is 4. The van der Waals surface area contributed by atoms with E-state index in [0.29, 0.717) is 31.3 Å². The van der Waals surface area contributed by atoms with Gasteiger partial charge in [-0.05, 0) is 0 Å². The van der Waals surface area contributed by atoms with Crippen molar-refractivity contribution >= 4 is 31.4 Å². The van der Waals surface area contributed by atoms with E-state index < -0.39 is 26.4 Å². The molecule has 0 aromatic carbocycles. The van der Waals surface area contributed by atoms with Crippen LogP contribution in [0.2, 0.25) is 0 Å². The number of guanidine groups is 3. The van der Waals surface area contributed by atoms with Crippen LogP contribution in [0.4, 0.5) is 0 Å². The average Bonchev–Trinajstić information content (AvgIpc) is 2.63. The molecular weight excluding hydrogens is 467 g/mol. The molecule has 0 radical (unpaired) electrons. The number of carboxylic acid groups (broad SMARTS) is 1. The van der Waals surface area contributed by atoms with E-state index in [1.54, 1.807) is 21.1 Å². The first-order valence-corrected chi connectivity index (χ1v) is 11.8. The zero-order valence-corrected chi connectivity index (χ0v) is 23.6. The molecule has 0 atom stereocenters. The van der Waals surface area contributed by atoms with Crippen molar-refractivity contribution in [2.45, 2.75) is 0 Å². The van der Waals surface area contributed by atoms with Crippen molar-refractivity contribution < 1.29 is 37.7 Å². The molecule has 204 valence electrons. The maximum absolute atomic E-state index is 9.81. The molecule has 0 unspecified atom stereocenters. The molecule has 0 saturated carbocycles. The quantitative estimate of drug-likeness (QED) is 0.0833. The van der Waals surface area contributed by atoms with Crippen LogP contribution < -0.4 is 36.2 Å². The van der Waals surface area contributed by atoms with Gasteiger partial charge in [0.1, 0.15) is 0 Å². The van der Waals surface area contributed by atoms with Crippen LogP contribution in [0.3, 0.4) is 0 Å². The van der Waals surface area contributed by atoms with Crippen molar-refractivity contribution in [3.8, 4) is 0 Å². The predicted molar refractivity (Wildman–Crippen MR) is 130 cm³/mol. The highest BCUT2D eigenvalue weighted by atomic mass is 31.2. The lowest BCUT2D eigenvalue weighted by atomic mass is 10.6. The lowest BCUT2D eigenvalue weighted by Crippen LogP contribution is -2.47. The van der Waals surface area contributed by atoms with E-state index in [2.05, 4.69) is 16.0 Å². The van der Waals surface area contributed by atoms with Crippen LogP contribution in [-0.4, -0.2) is 135 Å². The van der Waals surface area contributed by atoms with Crippen molar-refractivity contribution in [2.24, 2.45) is 0 Å². The van der Waals surface area contributed by atoms with E-state index in [1.165, 1.54) is 0 Å². The third kappa shape index (κ3) is 29.9. The summed E-state index contributed by atoms with van der Waals surface area (Å²) in [6.07, 6.45) is -0.860. The van der Waals surface area contributed by atoms with E-state index in [4.69, 9.17) is 16.2 Å². The zero-order chi connectivity index (χ0) is 28.6. The molecule has 0 amide bonds. The second-order valence-electron chi connectivity index (χ2n) is 9.40. The topological polar surface area (TPSA) is 223 Å². The Morgan fingerprint density at radius 2 is 0.941 bits per heavy atom. The zero-order valence-electron chi connectivity index (χ0n) is 22.7. The summed E-state index contributed by atoms with van der Waals surface area (Å²) in [6, 6.07) is 0. The molecule has 0 spiro atoms. The maximum Gasteiger partial charge on any atom is 0.293 e. The maximum atomic E-state index is 9.81. The summed E-state index contributed by atoms with van der Waals surface area (Å²) in [5, 5.41) is 41.5. The molecule has 0 aliphatic carbocycles. The molecule has 0 aromatic rings. The fourth-order valence-electron chi connectivity index (χ4n) is 1.30. The van der Waals surface area contributed by atoms with Gasteiger partial charge >= 0.3 is 0 Å². The molecule has 0 bridgehead atoms. The van der Waals surface area contributed by atoms with E-state index in [1.807, 2.05) is 68.7 Å². The largest absolute Gasteiger partial charge is 0.810 e. The standard InChI is InChI=1S/3C5H14N3.C3H8NO5P/c3*1-7-5(6)8(2,3)4;5-3(6)1-4-2-10(7,8)9/h3*1-4H3,(H2,6,7);4H,1-2H2,(H,5,6)(H2,7,8,9)/q3*+1;/p-3. The number of nitrogens with zero attached hydrogens (tertiary/aromatic N) is 3. The number of carboxylic acids is 1. The molecule has 34 heavy (non-hydrogen) atoms. The van der Waals surface area contributed by atoms with Gasteiger partial charge in [0.05, 0.1) is 69.4 Å². The van der Waals surface area contributed by atoms with Crippen LogP contribution in [0, 0.1) is 16.2 Å². The molecule has 0 aromatic heterocycles. The molecule has 7 N–H and O–H groups in total. The molecule has 15 nitrogen and oxygen atoms in total. The number of aliphatic carboxylic acids is 1. The van der Waals surface area contributed by atoms with Crippen LogP contribution in [0.25, 0.3) is 0 Å². The van der Waals surface area contributed by atoms with Crippen LogP contribution in [0.15, 0.2) is 0 Å². The number of nitrogens with one attached hydrogen (secondary N) is 7. The third-order valence-corrected chi connectivity index (χ3v) is 3.91. The van der Waals surface area contributed by atoms with Gasteiger partial charge in [-0.25, -0.2) is 16.2 Å². The summed E-state index contributed by atoms with van der Waals surface area (Å²) < 4.78 is 11.5. The molecule has 0 rings (SSSR count). The van der Waals surface area contributed by atoms with E-state index in [9.17, 15) is 24.3 Å². The minimum atomic E-state index is -4.62. The van der Waals surface area contributed by atoms with Crippen LogP contribution >= 0.6 is 7.60 Å². The summed E-state index contributed by atoms with van der Waals surface area (Å²) >= 11 is 0. The Hall–Kier alpha value is -2.13. The highest BCUT2D eigenvalue weighted by Crippen LogP contribution is 2.18. The summed E-state index contributed by atoms with van der Waals surface area (Å²) in [4.78, 5) is 29.2. The number of hydrogen-bond acceptors (Lipinski definition) is 9. The van der Waals surface area contributed by atoms with Crippen molar-refractivity contribution in [1.29, 1.82) is 16.2 Å². The first kappa shape index (κ1) is 39.1. The van der Waals surface area contributed by atoms with Crippen LogP contribution in [0.1, 0.15) is 0 Å². The van der Waals surface area contributed by atoms with Crippen molar-refractivity contribution in [3.05, 3.63) is 0 Å². The fraction of sp³-hybridized carbons (Fsp3) is 0.778. The Bertz CT molecular complexity index is 614. The molecule has 16 heteroatoms. The van der Waals surface area contributed by atoms with Gasteiger partial charge in [0.25, 0.3) is 17.9 Å². The third-order valence-electron chi connectivity index (χ3n) is 3.30. The molecule has 0 fully saturated rings. The van der Waals surface area contributed by atoms with Gasteiger partial charge in [-0.2, -0.15) is 0 Å². The smallest absolute Gasteiger partial charge is 0.293 e. The Labute approximate surface area is 204 Å². The second kappa shape index (κ2) is 17.3. The first-order valence-electron chi connectivity index (χ1n) is 10.0. The van der Waals surface area contributed by atoms with Crippen molar-refractivity contribution in [1.82, 2.24) is 21.3 Å². The lowest BCUT2D eigenvalue weighted by Gasteiger charge is -2.29. The molecule has 0 aliphatic heterocycles. The van der Waals surface area contributed by atoms with Gasteiger partial charge in [0.2, 0.25) is 0 Å². The van der Waals surface area contributed by atoms with Crippen LogP contribution in [0.5, 0.6) is 0 Å². The predicted octanol–water partition coefficient (Wildman–Crippen LogP) is -4.26. The number of carbonyl (C=O) groups excluding carboxylic acids is 1. The van der Waals surface area contributed by atoms with Crippen molar-refractivity contribution in [3.63, 3.8) is 0 Å². The Morgan fingerprint density at radius 1 is 0.706 bits per heavy atom. The Kier molecular flexibility index (Phi) is 19.9. The minimum absolute atomic E-state index is 0.519. The summed E-state index contributed by atoms with van der Waals surface area (Å²) in [6.45, 7) is -0.630. The Balaban J connectivity index is -0.000000177. The van der Waals surface area contributed by atoms with Gasteiger partial charge in [-0.3, -0.25) is 13.4 Å². The fourth-order valence-corrected chi connectivity index (χ4v) is 1.69. The van der Waals surface area contributed by atoms with E-state index >= 15 is 0 Å². The van der Waals surface area contributed by atoms with Gasteiger partial charge in [-0.1, -0.05) is 7.60 Å². The van der Waals surface area contributed by atoms with Gasteiger partial charge < -0.3 is 45.5 Å². The SMILES string of the molecule is CNC(=N)[N+](C)(C)C.CNC(=N)[N+](C)(C)C.CNC(=N)[N+](C)(C)C.O=C([O-])CNCP(=O)([O-])[O-]. The first-order chi connectivity index (χ1) is 14.9. The second-order valence-corrected chi connectivity index (χ2v) is 10.9. The highest BCUT2D eigenvalue weighted by molar-refractivity contribution is 7.48. The summed E-state index contributed by atoms with van der Waals surface area (Å²) in [7, 11) is 18.1. The minimum Gasteiger partial charge on any atom is -0.810 e.